The first-order valence-electron chi connectivity index (χ1n) is 8.90. The number of hydrogen-bond acceptors (Lipinski definition) is 2. The van der Waals surface area contributed by atoms with Crippen LogP contribution in [-0.2, 0) is 0 Å². The largest absolute Gasteiger partial charge is 0.356 e. The molecule has 0 aliphatic carbocycles. The van der Waals surface area contributed by atoms with Crippen LogP contribution in [0.2, 0.25) is 0 Å². The van der Waals surface area contributed by atoms with Crippen molar-refractivity contribution in [2.75, 3.05) is 46.3 Å². The molecule has 0 atom stereocenters. The van der Waals surface area contributed by atoms with Gasteiger partial charge >= 0.3 is 0 Å². The molecule has 0 unspecified atom stereocenters. The van der Waals surface area contributed by atoms with Gasteiger partial charge in [-0.3, -0.25) is 4.99 Å². The van der Waals surface area contributed by atoms with Crippen LogP contribution < -0.4 is 5.32 Å². The van der Waals surface area contributed by atoms with Gasteiger partial charge in [0.05, 0.1) is 0 Å². The fraction of sp³-hybridized carbons (Fsp3) is 0.941. The molecule has 4 nitrogen and oxygen atoms in total. The molecule has 0 aromatic carbocycles. The normalized spacial score (nSPS) is 22.5. The lowest BCUT2D eigenvalue weighted by molar-refractivity contribution is 0.187. The molecule has 0 radical (unpaired) electrons. The third-order valence-corrected chi connectivity index (χ3v) is 5.29. The maximum absolute atomic E-state index is 4.47. The summed E-state index contributed by atoms with van der Waals surface area (Å²) in [6.45, 7) is 11.8. The smallest absolute Gasteiger partial charge is 0.193 e. The van der Waals surface area contributed by atoms with E-state index >= 15 is 0 Å². The van der Waals surface area contributed by atoms with Crippen molar-refractivity contribution in [3.63, 3.8) is 0 Å². The number of nitrogens with one attached hydrogen (secondary N) is 1. The molecular formula is C17H35IN4. The van der Waals surface area contributed by atoms with E-state index in [2.05, 4.69) is 34.0 Å². The highest BCUT2D eigenvalue weighted by atomic mass is 127. The molecule has 5 heteroatoms. The maximum Gasteiger partial charge on any atom is 0.193 e. The molecule has 2 saturated heterocycles. The lowest BCUT2D eigenvalue weighted by Gasteiger charge is -2.34. The molecule has 0 saturated carbocycles. The molecule has 2 heterocycles. The summed E-state index contributed by atoms with van der Waals surface area (Å²) in [5.74, 6) is 2.90. The number of guanidine groups is 1. The van der Waals surface area contributed by atoms with Crippen LogP contribution in [0, 0.1) is 11.8 Å². The molecule has 1 N–H and O–H groups in total. The molecule has 2 fully saturated rings. The van der Waals surface area contributed by atoms with Crippen molar-refractivity contribution in [3.8, 4) is 0 Å². The first kappa shape index (κ1) is 20.0. The Labute approximate surface area is 154 Å². The van der Waals surface area contributed by atoms with Crippen molar-refractivity contribution >= 4 is 29.9 Å². The van der Waals surface area contributed by atoms with E-state index in [-0.39, 0.29) is 24.0 Å². The van der Waals surface area contributed by atoms with Crippen molar-refractivity contribution in [1.29, 1.82) is 0 Å². The number of aliphatic imine (C=N–C) groups is 1. The number of nitrogens with zero attached hydrogens (tertiary/aromatic N) is 3. The van der Waals surface area contributed by atoms with E-state index in [0.29, 0.717) is 0 Å². The molecule has 22 heavy (non-hydrogen) atoms. The zero-order chi connectivity index (χ0) is 15.1. The first-order chi connectivity index (χ1) is 10.2. The summed E-state index contributed by atoms with van der Waals surface area (Å²) < 4.78 is 0. The zero-order valence-corrected chi connectivity index (χ0v) is 17.0. The van der Waals surface area contributed by atoms with Gasteiger partial charge in [0.25, 0.3) is 0 Å². The van der Waals surface area contributed by atoms with Crippen molar-refractivity contribution < 1.29 is 0 Å². The molecule has 0 amide bonds. The molecule has 2 rings (SSSR count). The molecule has 2 aliphatic heterocycles. The predicted molar refractivity (Wildman–Crippen MR) is 106 cm³/mol. The average Bonchev–Trinajstić information content (AvgIpc) is 2.53. The van der Waals surface area contributed by atoms with Crippen molar-refractivity contribution in [3.05, 3.63) is 0 Å². The van der Waals surface area contributed by atoms with Crippen molar-refractivity contribution in [2.24, 2.45) is 16.8 Å². The Balaban J connectivity index is 0.00000242. The van der Waals surface area contributed by atoms with Gasteiger partial charge in [-0.25, -0.2) is 0 Å². The second kappa shape index (κ2) is 10.7. The molecule has 0 spiro atoms. The Hall–Kier alpha value is -0.0400. The van der Waals surface area contributed by atoms with E-state index in [1.807, 2.05) is 7.05 Å². The Kier molecular flexibility index (Phi) is 9.71. The number of rotatable bonds is 4. The highest BCUT2D eigenvalue weighted by Crippen LogP contribution is 2.20. The standard InChI is InChI=1S/C17H34N4.HI/c1-4-20-11-8-16(9-12-20)5-10-19-17(18-3)21-13-6-15(2)7-14-21;/h15-16H,4-14H2,1-3H3,(H,18,19);1H. The van der Waals surface area contributed by atoms with E-state index in [1.165, 1.54) is 51.7 Å². The highest BCUT2D eigenvalue weighted by Gasteiger charge is 2.20. The van der Waals surface area contributed by atoms with Crippen molar-refractivity contribution in [2.45, 2.75) is 46.0 Å². The molecule has 2 aliphatic rings. The van der Waals surface area contributed by atoms with Gasteiger partial charge < -0.3 is 15.1 Å². The summed E-state index contributed by atoms with van der Waals surface area (Å²) in [6.07, 6.45) is 6.64. The minimum atomic E-state index is 0. The Bertz CT molecular complexity index is 319. The van der Waals surface area contributed by atoms with E-state index < -0.39 is 0 Å². The Morgan fingerprint density at radius 3 is 2.27 bits per heavy atom. The number of likely N-dealkylation sites (tertiary alicyclic amines) is 2. The zero-order valence-electron chi connectivity index (χ0n) is 14.7. The lowest BCUT2D eigenvalue weighted by Crippen LogP contribution is -2.46. The van der Waals surface area contributed by atoms with E-state index in [1.54, 1.807) is 0 Å². The highest BCUT2D eigenvalue weighted by molar-refractivity contribution is 14.0. The lowest BCUT2D eigenvalue weighted by atomic mass is 9.93. The predicted octanol–water partition coefficient (Wildman–Crippen LogP) is 3.03. The van der Waals surface area contributed by atoms with Gasteiger partial charge in [-0.05, 0) is 63.6 Å². The van der Waals surface area contributed by atoms with Crippen LogP contribution in [0.1, 0.15) is 46.0 Å². The van der Waals surface area contributed by atoms with Crippen LogP contribution in [0.25, 0.3) is 0 Å². The topological polar surface area (TPSA) is 30.9 Å². The van der Waals surface area contributed by atoms with Crippen LogP contribution in [0.5, 0.6) is 0 Å². The fourth-order valence-corrected chi connectivity index (χ4v) is 3.53. The summed E-state index contributed by atoms with van der Waals surface area (Å²) in [6, 6.07) is 0. The molecule has 130 valence electrons. The van der Waals surface area contributed by atoms with Crippen LogP contribution in [0.15, 0.2) is 4.99 Å². The van der Waals surface area contributed by atoms with Gasteiger partial charge in [0.1, 0.15) is 0 Å². The van der Waals surface area contributed by atoms with Gasteiger partial charge in [-0.1, -0.05) is 13.8 Å². The van der Waals surface area contributed by atoms with Gasteiger partial charge in [0.15, 0.2) is 5.96 Å². The van der Waals surface area contributed by atoms with E-state index in [9.17, 15) is 0 Å². The van der Waals surface area contributed by atoms with Crippen LogP contribution >= 0.6 is 24.0 Å². The summed E-state index contributed by atoms with van der Waals surface area (Å²) in [5, 5.41) is 3.59. The number of piperidine rings is 2. The third kappa shape index (κ3) is 6.22. The minimum Gasteiger partial charge on any atom is -0.356 e. The number of halogens is 1. The second-order valence-electron chi connectivity index (χ2n) is 6.81. The second-order valence-corrected chi connectivity index (χ2v) is 6.81. The average molecular weight is 422 g/mol. The van der Waals surface area contributed by atoms with Crippen LogP contribution in [-0.4, -0.2) is 62.1 Å². The molecule has 0 aromatic rings. The molecule has 0 bridgehead atoms. The summed E-state index contributed by atoms with van der Waals surface area (Å²) in [7, 11) is 1.92. The monoisotopic (exact) mass is 422 g/mol. The van der Waals surface area contributed by atoms with Gasteiger partial charge in [0.2, 0.25) is 0 Å². The Morgan fingerprint density at radius 1 is 1.09 bits per heavy atom. The van der Waals surface area contributed by atoms with Crippen LogP contribution in [0.3, 0.4) is 0 Å². The Morgan fingerprint density at radius 2 is 1.73 bits per heavy atom. The third-order valence-electron chi connectivity index (χ3n) is 5.29. The van der Waals surface area contributed by atoms with E-state index in [4.69, 9.17) is 0 Å². The summed E-state index contributed by atoms with van der Waals surface area (Å²) >= 11 is 0. The summed E-state index contributed by atoms with van der Waals surface area (Å²) in [4.78, 5) is 9.47. The molecular weight excluding hydrogens is 387 g/mol. The van der Waals surface area contributed by atoms with Gasteiger partial charge in [-0.2, -0.15) is 0 Å². The summed E-state index contributed by atoms with van der Waals surface area (Å²) in [5.41, 5.74) is 0. The van der Waals surface area contributed by atoms with Gasteiger partial charge in [-0.15, -0.1) is 24.0 Å². The quantitative estimate of drug-likeness (QED) is 0.429. The van der Waals surface area contributed by atoms with Gasteiger partial charge in [0, 0.05) is 26.7 Å². The SMILES string of the molecule is CCN1CCC(CCNC(=NC)N2CCC(C)CC2)CC1.I. The first-order valence-corrected chi connectivity index (χ1v) is 8.90. The molecule has 0 aromatic heterocycles. The van der Waals surface area contributed by atoms with Crippen molar-refractivity contribution in [1.82, 2.24) is 15.1 Å². The maximum atomic E-state index is 4.47. The minimum absolute atomic E-state index is 0. The fourth-order valence-electron chi connectivity index (χ4n) is 3.53. The van der Waals surface area contributed by atoms with Crippen LogP contribution in [0.4, 0.5) is 0 Å². The number of hydrogen-bond donors (Lipinski definition) is 1. The van der Waals surface area contributed by atoms with E-state index in [0.717, 1.165) is 37.4 Å².